The fraction of sp³-hybridized carbons (Fsp3) is 0.417. The monoisotopic (exact) mass is 336 g/mol. The Labute approximate surface area is 126 Å². The van der Waals surface area contributed by atoms with E-state index in [4.69, 9.17) is 22.1 Å². The van der Waals surface area contributed by atoms with Crippen molar-refractivity contribution in [3.63, 3.8) is 0 Å². The number of carbonyl (C=O) groups excluding carboxylic acids is 1. The van der Waals surface area contributed by atoms with Gasteiger partial charge < -0.3 is 10.5 Å². The Morgan fingerprint density at radius 2 is 2.19 bits per heavy atom. The van der Waals surface area contributed by atoms with Crippen LogP contribution in [0.4, 0.5) is 4.39 Å². The maximum absolute atomic E-state index is 13.9. The predicted octanol–water partition coefficient (Wildman–Crippen LogP) is 0.742. The molecule has 6 nitrogen and oxygen atoms in total. The van der Waals surface area contributed by atoms with Crippen LogP contribution in [0.15, 0.2) is 23.1 Å². The molecule has 1 aromatic carbocycles. The summed E-state index contributed by atoms with van der Waals surface area (Å²) in [5.74, 6) is -1.84. The van der Waals surface area contributed by atoms with Gasteiger partial charge in [0, 0.05) is 6.54 Å². The number of amides is 1. The zero-order valence-corrected chi connectivity index (χ0v) is 12.7. The van der Waals surface area contributed by atoms with Gasteiger partial charge in [-0.05, 0) is 19.1 Å². The molecule has 2 N–H and O–H groups in total. The minimum atomic E-state index is -4.30. The highest BCUT2D eigenvalue weighted by molar-refractivity contribution is 7.89. The summed E-state index contributed by atoms with van der Waals surface area (Å²) in [4.78, 5) is 10.9. The minimum absolute atomic E-state index is 0.0796. The van der Waals surface area contributed by atoms with Crippen LogP contribution in [-0.4, -0.2) is 43.9 Å². The van der Waals surface area contributed by atoms with E-state index >= 15 is 0 Å². The van der Waals surface area contributed by atoms with E-state index < -0.39 is 38.8 Å². The molecule has 0 unspecified atom stereocenters. The highest BCUT2D eigenvalue weighted by atomic mass is 35.5. The number of carbonyl (C=O) groups is 1. The van der Waals surface area contributed by atoms with E-state index in [1.54, 1.807) is 0 Å². The third kappa shape index (κ3) is 2.89. The van der Waals surface area contributed by atoms with Crippen LogP contribution in [0, 0.1) is 5.82 Å². The molecule has 1 fully saturated rings. The van der Waals surface area contributed by atoms with Crippen LogP contribution in [0.5, 0.6) is 0 Å². The van der Waals surface area contributed by atoms with Gasteiger partial charge in [-0.15, -0.1) is 0 Å². The van der Waals surface area contributed by atoms with Crippen molar-refractivity contribution in [1.29, 1.82) is 0 Å². The van der Waals surface area contributed by atoms with Crippen LogP contribution in [0.2, 0.25) is 5.02 Å². The number of sulfonamides is 1. The molecule has 0 radical (unpaired) electrons. The smallest absolute Gasteiger partial charge is 0.248 e. The molecule has 116 valence electrons. The zero-order chi connectivity index (χ0) is 15.8. The summed E-state index contributed by atoms with van der Waals surface area (Å²) in [6.45, 7) is 1.50. The van der Waals surface area contributed by atoms with Gasteiger partial charge in [0.2, 0.25) is 15.9 Å². The van der Waals surface area contributed by atoms with Gasteiger partial charge in [0.05, 0.1) is 17.7 Å². The maximum Gasteiger partial charge on any atom is 0.248 e. The van der Waals surface area contributed by atoms with Crippen molar-refractivity contribution in [1.82, 2.24) is 4.31 Å². The van der Waals surface area contributed by atoms with E-state index in [-0.39, 0.29) is 18.2 Å². The first kappa shape index (κ1) is 16.2. The Hall–Kier alpha value is -1.22. The second-order valence-corrected chi connectivity index (χ2v) is 6.82. The summed E-state index contributed by atoms with van der Waals surface area (Å²) < 4.78 is 45.2. The van der Waals surface area contributed by atoms with Gasteiger partial charge >= 0.3 is 0 Å². The molecule has 0 spiro atoms. The highest BCUT2D eigenvalue weighted by Crippen LogP contribution is 2.30. The lowest BCUT2D eigenvalue weighted by Crippen LogP contribution is -2.58. The molecule has 1 amide bonds. The number of halogens is 2. The second kappa shape index (κ2) is 5.88. The largest absolute Gasteiger partial charge is 0.375 e. The number of nitrogens with zero attached hydrogens (tertiary/aromatic N) is 1. The number of hydrogen-bond acceptors (Lipinski definition) is 4. The van der Waals surface area contributed by atoms with Crippen molar-refractivity contribution in [2.75, 3.05) is 13.2 Å². The lowest BCUT2D eigenvalue weighted by Gasteiger charge is -2.36. The topological polar surface area (TPSA) is 89.7 Å². The summed E-state index contributed by atoms with van der Waals surface area (Å²) in [5, 5.41) is -0.252. The Balaban J connectivity index is 2.54. The molecule has 9 heteroatoms. The van der Waals surface area contributed by atoms with Gasteiger partial charge in [-0.2, -0.15) is 4.31 Å². The normalized spacial score (nSPS) is 24.0. The van der Waals surface area contributed by atoms with E-state index in [1.807, 2.05) is 0 Å². The number of benzene rings is 1. The molecule has 0 aromatic heterocycles. The third-order valence-corrected chi connectivity index (χ3v) is 5.61. The molecule has 1 heterocycles. The first-order valence-corrected chi connectivity index (χ1v) is 7.95. The highest BCUT2D eigenvalue weighted by Gasteiger charge is 2.43. The molecule has 2 atom stereocenters. The van der Waals surface area contributed by atoms with Crippen LogP contribution >= 0.6 is 11.6 Å². The molecule has 1 aromatic rings. The van der Waals surface area contributed by atoms with Crippen molar-refractivity contribution in [2.24, 2.45) is 5.73 Å². The van der Waals surface area contributed by atoms with Crippen molar-refractivity contribution in [3.05, 3.63) is 29.0 Å². The minimum Gasteiger partial charge on any atom is -0.375 e. The van der Waals surface area contributed by atoms with Crippen LogP contribution in [-0.2, 0) is 19.6 Å². The van der Waals surface area contributed by atoms with Crippen molar-refractivity contribution < 1.29 is 22.3 Å². The van der Waals surface area contributed by atoms with Crippen molar-refractivity contribution in [2.45, 2.75) is 24.0 Å². The summed E-state index contributed by atoms with van der Waals surface area (Å²) in [6, 6.07) is 2.34. The van der Waals surface area contributed by atoms with Gasteiger partial charge in [-0.3, -0.25) is 4.79 Å². The summed E-state index contributed by atoms with van der Waals surface area (Å²) >= 11 is 5.80. The number of morpholine rings is 1. The quantitative estimate of drug-likeness (QED) is 0.881. The standard InChI is InChI=1S/C12H14ClFN2O4S/c1-7-10(12(15)17)16(5-6-20-7)21(18,19)11-8(13)3-2-4-9(11)14/h2-4,7,10H,5-6H2,1H3,(H2,15,17)/t7-,10+/m1/s1. The first-order valence-electron chi connectivity index (χ1n) is 6.13. The summed E-state index contributed by atoms with van der Waals surface area (Å²) in [6.07, 6.45) is -0.725. The molecule has 0 bridgehead atoms. The Morgan fingerprint density at radius 1 is 1.52 bits per heavy atom. The molecule has 0 saturated carbocycles. The third-order valence-electron chi connectivity index (χ3n) is 3.22. The van der Waals surface area contributed by atoms with Crippen LogP contribution in [0.3, 0.4) is 0 Å². The lowest BCUT2D eigenvalue weighted by atomic mass is 10.1. The fourth-order valence-corrected chi connectivity index (χ4v) is 4.49. The van der Waals surface area contributed by atoms with Crippen LogP contribution in [0.1, 0.15) is 6.92 Å². The van der Waals surface area contributed by atoms with Crippen LogP contribution < -0.4 is 5.73 Å². The summed E-state index contributed by atoms with van der Waals surface area (Å²) in [7, 11) is -4.30. The molecule has 0 aliphatic carbocycles. The number of ether oxygens (including phenoxy) is 1. The van der Waals surface area contributed by atoms with Crippen molar-refractivity contribution >= 4 is 27.5 Å². The molecular formula is C12H14ClFN2O4S. The van der Waals surface area contributed by atoms with Crippen molar-refractivity contribution in [3.8, 4) is 0 Å². The predicted molar refractivity (Wildman–Crippen MR) is 73.7 cm³/mol. The van der Waals surface area contributed by atoms with E-state index in [0.717, 1.165) is 10.4 Å². The number of nitrogens with two attached hydrogens (primary N) is 1. The number of hydrogen-bond donors (Lipinski definition) is 1. The lowest BCUT2D eigenvalue weighted by molar-refractivity contribution is -0.130. The average Bonchev–Trinajstić information content (AvgIpc) is 2.37. The van der Waals surface area contributed by atoms with Gasteiger partial charge in [0.15, 0.2) is 0 Å². The molecule has 2 rings (SSSR count). The van der Waals surface area contributed by atoms with Gasteiger partial charge in [-0.1, -0.05) is 17.7 Å². The molecular weight excluding hydrogens is 323 g/mol. The first-order chi connectivity index (χ1) is 9.76. The molecule has 21 heavy (non-hydrogen) atoms. The van der Waals surface area contributed by atoms with E-state index in [9.17, 15) is 17.6 Å². The molecule has 1 aliphatic rings. The fourth-order valence-electron chi connectivity index (χ4n) is 2.28. The Kier molecular flexibility index (Phi) is 4.52. The van der Waals surface area contributed by atoms with E-state index in [0.29, 0.717) is 0 Å². The number of rotatable bonds is 3. The SMILES string of the molecule is C[C@H]1OCCN(S(=O)(=O)c2c(F)cccc2Cl)[C@@H]1C(N)=O. The Morgan fingerprint density at radius 3 is 2.76 bits per heavy atom. The second-order valence-electron chi connectivity index (χ2n) is 4.59. The van der Waals surface area contributed by atoms with E-state index in [1.165, 1.54) is 19.1 Å². The summed E-state index contributed by atoms with van der Waals surface area (Å²) in [5.41, 5.74) is 5.25. The molecule has 1 saturated heterocycles. The maximum atomic E-state index is 13.9. The average molecular weight is 337 g/mol. The molecule has 1 aliphatic heterocycles. The van der Waals surface area contributed by atoms with Gasteiger partial charge in [0.25, 0.3) is 0 Å². The Bertz CT molecular complexity index is 647. The van der Waals surface area contributed by atoms with Gasteiger partial charge in [-0.25, -0.2) is 12.8 Å². The van der Waals surface area contributed by atoms with Gasteiger partial charge in [0.1, 0.15) is 16.8 Å². The van der Waals surface area contributed by atoms with E-state index in [2.05, 4.69) is 0 Å². The van der Waals surface area contributed by atoms with Crippen LogP contribution in [0.25, 0.3) is 0 Å². The zero-order valence-electron chi connectivity index (χ0n) is 11.1. The number of primary amides is 1.